The number of nitrogens with zero attached hydrogens (tertiary/aromatic N) is 4. The van der Waals surface area contributed by atoms with Gasteiger partial charge in [0.05, 0.1) is 6.26 Å². The molecule has 30 heavy (non-hydrogen) atoms. The van der Waals surface area contributed by atoms with Crippen LogP contribution in [0.1, 0.15) is 26.6 Å². The highest BCUT2D eigenvalue weighted by molar-refractivity contribution is 6.31. The zero-order valence-corrected chi connectivity index (χ0v) is 17.3. The van der Waals surface area contributed by atoms with E-state index < -0.39 is 5.91 Å². The fourth-order valence-electron chi connectivity index (χ4n) is 3.41. The number of piperazine rings is 1. The molecule has 0 bridgehead atoms. The number of aromatic nitrogens is 2. The van der Waals surface area contributed by atoms with Crippen LogP contribution < -0.4 is 5.32 Å². The molecule has 9 heteroatoms. The van der Waals surface area contributed by atoms with E-state index in [0.29, 0.717) is 24.6 Å². The minimum Gasteiger partial charge on any atom is -0.459 e. The molecule has 1 aliphatic heterocycles. The lowest BCUT2D eigenvalue weighted by atomic mass is 10.2. The first-order valence-corrected chi connectivity index (χ1v) is 10.0. The van der Waals surface area contributed by atoms with Crippen LogP contribution in [-0.4, -0.2) is 57.6 Å². The van der Waals surface area contributed by atoms with Crippen LogP contribution in [0.5, 0.6) is 0 Å². The van der Waals surface area contributed by atoms with E-state index in [4.69, 9.17) is 16.0 Å². The molecule has 0 saturated carbocycles. The van der Waals surface area contributed by atoms with Crippen LogP contribution in [-0.2, 0) is 13.6 Å². The number of anilines is 1. The van der Waals surface area contributed by atoms with Crippen LogP contribution in [0.4, 0.5) is 5.82 Å². The number of aryl methyl sites for hydroxylation is 1. The molecule has 1 fully saturated rings. The number of amides is 2. The highest BCUT2D eigenvalue weighted by Gasteiger charge is 2.25. The molecule has 4 rings (SSSR count). The first-order valence-electron chi connectivity index (χ1n) is 9.65. The highest BCUT2D eigenvalue weighted by atomic mass is 35.5. The third-order valence-corrected chi connectivity index (χ3v) is 5.47. The van der Waals surface area contributed by atoms with Gasteiger partial charge in [0, 0.05) is 50.9 Å². The summed E-state index contributed by atoms with van der Waals surface area (Å²) < 4.78 is 6.56. The van der Waals surface area contributed by atoms with Crippen molar-refractivity contribution in [1.29, 1.82) is 0 Å². The molecule has 0 aliphatic carbocycles. The summed E-state index contributed by atoms with van der Waals surface area (Å²) in [7, 11) is 1.68. The van der Waals surface area contributed by atoms with Gasteiger partial charge in [-0.25, -0.2) is 0 Å². The van der Waals surface area contributed by atoms with E-state index in [9.17, 15) is 9.59 Å². The van der Waals surface area contributed by atoms with Crippen LogP contribution in [0.25, 0.3) is 0 Å². The maximum absolute atomic E-state index is 12.9. The van der Waals surface area contributed by atoms with Crippen LogP contribution >= 0.6 is 11.6 Å². The normalized spacial score (nSPS) is 14.7. The van der Waals surface area contributed by atoms with Crippen molar-refractivity contribution in [3.8, 4) is 0 Å². The number of hydrogen-bond acceptors (Lipinski definition) is 5. The number of carbonyl (C=O) groups is 2. The van der Waals surface area contributed by atoms with Crippen molar-refractivity contribution in [3.63, 3.8) is 0 Å². The third-order valence-electron chi connectivity index (χ3n) is 5.10. The van der Waals surface area contributed by atoms with Gasteiger partial charge in [0.2, 0.25) is 0 Å². The molecule has 0 atom stereocenters. The lowest BCUT2D eigenvalue weighted by Crippen LogP contribution is -2.48. The molecule has 1 aliphatic rings. The first kappa shape index (κ1) is 20.2. The van der Waals surface area contributed by atoms with E-state index in [1.807, 2.05) is 24.3 Å². The standard InChI is InChI=1S/C21H22ClN5O3/c1-25-19(23-20(28)18-7-4-12-30-18)13-17(24-25)21(29)27-10-8-26(9-11-27)14-15-5-2-3-6-16(15)22/h2-7,12-13H,8-11,14H2,1H3,(H,23,28). The Morgan fingerprint density at radius 1 is 1.13 bits per heavy atom. The van der Waals surface area contributed by atoms with Crippen LogP contribution in [0.2, 0.25) is 5.02 Å². The average molecular weight is 428 g/mol. The predicted octanol–water partition coefficient (Wildman–Crippen LogP) is 2.88. The summed E-state index contributed by atoms with van der Waals surface area (Å²) >= 11 is 6.25. The topological polar surface area (TPSA) is 83.6 Å². The largest absolute Gasteiger partial charge is 0.459 e. The monoisotopic (exact) mass is 427 g/mol. The molecule has 2 amide bonds. The lowest BCUT2D eigenvalue weighted by molar-refractivity contribution is 0.0622. The SMILES string of the molecule is Cn1nc(C(=O)N2CCN(Cc3ccccc3Cl)CC2)cc1NC(=O)c1ccco1. The Kier molecular flexibility index (Phi) is 5.87. The number of furan rings is 1. The molecular weight excluding hydrogens is 406 g/mol. The minimum atomic E-state index is -0.393. The lowest BCUT2D eigenvalue weighted by Gasteiger charge is -2.34. The van der Waals surface area contributed by atoms with Gasteiger partial charge in [0.15, 0.2) is 11.5 Å². The Balaban J connectivity index is 1.35. The Labute approximate surface area is 179 Å². The summed E-state index contributed by atoms with van der Waals surface area (Å²) in [5, 5.41) is 7.73. The molecule has 0 unspecified atom stereocenters. The fraction of sp³-hybridized carbons (Fsp3) is 0.286. The Bertz CT molecular complexity index is 1040. The van der Waals surface area contributed by atoms with Crippen molar-refractivity contribution < 1.29 is 14.0 Å². The van der Waals surface area contributed by atoms with Gasteiger partial charge in [0.1, 0.15) is 5.82 Å². The van der Waals surface area contributed by atoms with Crippen molar-refractivity contribution in [2.45, 2.75) is 6.54 Å². The second-order valence-electron chi connectivity index (χ2n) is 7.13. The van der Waals surface area contributed by atoms with E-state index in [0.717, 1.165) is 30.2 Å². The zero-order chi connectivity index (χ0) is 21.1. The van der Waals surface area contributed by atoms with E-state index in [1.54, 1.807) is 30.1 Å². The van der Waals surface area contributed by atoms with E-state index in [1.165, 1.54) is 10.9 Å². The van der Waals surface area contributed by atoms with Gasteiger partial charge in [-0.2, -0.15) is 5.10 Å². The van der Waals surface area contributed by atoms with Gasteiger partial charge in [-0.05, 0) is 23.8 Å². The maximum Gasteiger partial charge on any atom is 0.292 e. The summed E-state index contributed by atoms with van der Waals surface area (Å²) in [4.78, 5) is 29.1. The number of halogens is 1. The smallest absolute Gasteiger partial charge is 0.292 e. The van der Waals surface area contributed by atoms with Crippen molar-refractivity contribution in [3.05, 3.63) is 70.8 Å². The van der Waals surface area contributed by atoms with E-state index in [-0.39, 0.29) is 11.7 Å². The predicted molar refractivity (Wildman–Crippen MR) is 113 cm³/mol. The zero-order valence-electron chi connectivity index (χ0n) is 16.5. The molecule has 3 aromatic rings. The quantitative estimate of drug-likeness (QED) is 0.676. The summed E-state index contributed by atoms with van der Waals surface area (Å²) in [6.45, 7) is 3.48. The molecule has 0 spiro atoms. The van der Waals surface area contributed by atoms with Crippen LogP contribution in [0.15, 0.2) is 53.1 Å². The molecule has 1 saturated heterocycles. The van der Waals surface area contributed by atoms with E-state index in [2.05, 4.69) is 15.3 Å². The molecule has 2 aromatic heterocycles. The number of carbonyl (C=O) groups excluding carboxylic acids is 2. The van der Waals surface area contributed by atoms with Crippen LogP contribution in [0, 0.1) is 0 Å². The second kappa shape index (κ2) is 8.73. The van der Waals surface area contributed by atoms with Gasteiger partial charge in [-0.3, -0.25) is 19.2 Å². The molecular formula is C21H22ClN5O3. The Morgan fingerprint density at radius 3 is 2.60 bits per heavy atom. The molecule has 1 N–H and O–H groups in total. The van der Waals surface area contributed by atoms with Crippen LogP contribution in [0.3, 0.4) is 0 Å². The maximum atomic E-state index is 12.9. The van der Waals surface area contributed by atoms with Gasteiger partial charge >= 0.3 is 0 Å². The fourth-order valence-corrected chi connectivity index (χ4v) is 3.61. The molecule has 1 aromatic carbocycles. The summed E-state index contributed by atoms with van der Waals surface area (Å²) in [6, 6.07) is 12.6. The van der Waals surface area contributed by atoms with E-state index >= 15 is 0 Å². The average Bonchev–Trinajstić information content (AvgIpc) is 3.40. The van der Waals surface area contributed by atoms with Gasteiger partial charge < -0.3 is 14.6 Å². The van der Waals surface area contributed by atoms with Gasteiger partial charge in [-0.15, -0.1) is 0 Å². The first-order chi connectivity index (χ1) is 14.5. The molecule has 8 nitrogen and oxygen atoms in total. The van der Waals surface area contributed by atoms with Crippen molar-refractivity contribution in [2.75, 3.05) is 31.5 Å². The van der Waals surface area contributed by atoms with Gasteiger partial charge in [0.25, 0.3) is 11.8 Å². The van der Waals surface area contributed by atoms with Gasteiger partial charge in [-0.1, -0.05) is 29.8 Å². The number of nitrogens with one attached hydrogen (secondary N) is 1. The third kappa shape index (κ3) is 4.39. The summed E-state index contributed by atoms with van der Waals surface area (Å²) in [5.41, 5.74) is 1.38. The molecule has 3 heterocycles. The molecule has 0 radical (unpaired) electrons. The Morgan fingerprint density at radius 2 is 1.90 bits per heavy atom. The number of benzene rings is 1. The van der Waals surface area contributed by atoms with Crippen molar-refractivity contribution in [2.24, 2.45) is 7.05 Å². The minimum absolute atomic E-state index is 0.151. The summed E-state index contributed by atoms with van der Waals surface area (Å²) in [6.07, 6.45) is 1.43. The molecule has 156 valence electrons. The summed E-state index contributed by atoms with van der Waals surface area (Å²) in [5.74, 6) is 0.0764. The van der Waals surface area contributed by atoms with Crippen molar-refractivity contribution in [1.82, 2.24) is 19.6 Å². The highest BCUT2D eigenvalue weighted by Crippen LogP contribution is 2.19. The number of rotatable bonds is 5. The van der Waals surface area contributed by atoms with Crippen molar-refractivity contribution >= 4 is 29.2 Å². The second-order valence-corrected chi connectivity index (χ2v) is 7.54. The number of hydrogen-bond donors (Lipinski definition) is 1. The Hall–Kier alpha value is -3.10.